The summed E-state index contributed by atoms with van der Waals surface area (Å²) in [5.41, 5.74) is 10.1. The third kappa shape index (κ3) is 21.4. The topological polar surface area (TPSA) is 129 Å². The van der Waals surface area contributed by atoms with E-state index in [0.717, 1.165) is 86.4 Å². The Labute approximate surface area is 633 Å². The standard InChI is InChI=1S/C23H23NO2.C20H17NO2.C19H15NO.C18H15NO.C15H15NO2/c1-2-3-18-26-22-16-14-19(15-17-22)23(25)24(20-10-6-4-7-11-20)21-12-8-5-9-13-21;1-23-19-14-12-16(13-15-19)20(22)21(17-8-4-2-5-9-17)18-10-6-3-7-11-18;21-19(16-10-4-1-5-11-16)20(17-12-6-2-7-13-17)18-14-8-3-9-15-18;1-19(17-9-3-2-4-10-17)18(20)16-12-11-14-7-5-6-8-15(14)13-16;1-16(13-6-4-3-5-7-13)15(17)12-8-10-14(18-2)11-9-12/h4-17H,2-3,18H2,1H3;2-15H,1H3;1-15H;2-13H,1H3;3-11H,1-2H3. The predicted molar refractivity (Wildman–Crippen MR) is 440 cm³/mol. The number of benzene rings is 14. The maximum absolute atomic E-state index is 13.2. The van der Waals surface area contributed by atoms with Crippen molar-refractivity contribution in [2.75, 3.05) is 59.4 Å². The van der Waals surface area contributed by atoms with Crippen LogP contribution in [0.1, 0.15) is 71.6 Å². The summed E-state index contributed by atoms with van der Waals surface area (Å²) in [5, 5.41) is 2.23. The van der Waals surface area contributed by atoms with Gasteiger partial charge in [0.05, 0.1) is 20.8 Å². The average molecular weight is 1420 g/mol. The zero-order valence-electron chi connectivity index (χ0n) is 61.1. The van der Waals surface area contributed by atoms with Gasteiger partial charge < -0.3 is 24.0 Å². The number of carbonyl (C=O) groups is 5. The van der Waals surface area contributed by atoms with Crippen molar-refractivity contribution < 1.29 is 38.2 Å². The van der Waals surface area contributed by atoms with E-state index < -0.39 is 0 Å². The van der Waals surface area contributed by atoms with E-state index in [1.54, 1.807) is 101 Å². The van der Waals surface area contributed by atoms with Gasteiger partial charge in [0, 0.05) is 87.4 Å². The lowest BCUT2D eigenvalue weighted by Crippen LogP contribution is -2.26. The van der Waals surface area contributed by atoms with E-state index in [-0.39, 0.29) is 29.5 Å². The minimum Gasteiger partial charge on any atom is -0.497 e. The molecular weight excluding hydrogens is 1340 g/mol. The van der Waals surface area contributed by atoms with Crippen LogP contribution in [0.25, 0.3) is 10.8 Å². The van der Waals surface area contributed by atoms with Crippen LogP contribution < -0.4 is 38.7 Å². The molecule has 13 heteroatoms. The third-order valence-electron chi connectivity index (χ3n) is 17.2. The van der Waals surface area contributed by atoms with Gasteiger partial charge in [-0.2, -0.15) is 0 Å². The summed E-state index contributed by atoms with van der Waals surface area (Å²) in [7, 11) is 6.78. The van der Waals surface area contributed by atoms with Crippen molar-refractivity contribution in [1.29, 1.82) is 0 Å². The van der Waals surface area contributed by atoms with Crippen molar-refractivity contribution in [3.63, 3.8) is 0 Å². The Balaban J connectivity index is 0.000000145. The number of methoxy groups -OCH3 is 2. The van der Waals surface area contributed by atoms with E-state index in [4.69, 9.17) is 14.2 Å². The lowest BCUT2D eigenvalue weighted by atomic mass is 10.1. The molecule has 0 N–H and O–H groups in total. The molecule has 5 amide bonds. The van der Waals surface area contributed by atoms with E-state index in [0.29, 0.717) is 34.4 Å². The van der Waals surface area contributed by atoms with Crippen LogP contribution in [0.3, 0.4) is 0 Å². The highest BCUT2D eigenvalue weighted by molar-refractivity contribution is 6.13. The molecule has 14 rings (SSSR count). The van der Waals surface area contributed by atoms with Crippen LogP contribution in [0.2, 0.25) is 0 Å². The van der Waals surface area contributed by atoms with Gasteiger partial charge in [-0.15, -0.1) is 0 Å². The second-order valence-electron chi connectivity index (χ2n) is 24.4. The fourth-order valence-electron chi connectivity index (χ4n) is 11.3. The maximum Gasteiger partial charge on any atom is 0.262 e. The normalized spacial score (nSPS) is 10.2. The number of hydrogen-bond donors (Lipinski definition) is 0. The molecule has 13 nitrogen and oxygen atoms in total. The summed E-state index contributed by atoms with van der Waals surface area (Å²) < 4.78 is 15.9. The van der Waals surface area contributed by atoms with Gasteiger partial charge in [-0.3, -0.25) is 38.7 Å². The van der Waals surface area contributed by atoms with E-state index >= 15 is 0 Å². The number of unbranched alkanes of at least 4 members (excludes halogenated alkanes) is 1. The van der Waals surface area contributed by atoms with Crippen LogP contribution in [0.15, 0.2) is 388 Å². The molecule has 538 valence electrons. The molecule has 108 heavy (non-hydrogen) atoms. The van der Waals surface area contributed by atoms with Crippen molar-refractivity contribution in [1.82, 2.24) is 0 Å². The third-order valence-corrected chi connectivity index (χ3v) is 17.2. The van der Waals surface area contributed by atoms with Crippen LogP contribution in [-0.4, -0.2) is 64.5 Å². The zero-order valence-corrected chi connectivity index (χ0v) is 61.1. The average Bonchev–Trinajstić information content (AvgIpc) is 0.817. The molecule has 14 aromatic rings. The monoisotopic (exact) mass is 1420 g/mol. The summed E-state index contributed by atoms with van der Waals surface area (Å²) in [6.45, 7) is 2.83. The Morgan fingerprint density at radius 2 is 0.491 bits per heavy atom. The SMILES string of the molecule is CCCCOc1ccc(C(=O)N(c2ccccc2)c2ccccc2)cc1.CN(C(=O)c1ccc2ccccc2c1)c1ccccc1.COc1ccc(C(=O)N(C)c2ccccc2)cc1.COc1ccc(C(=O)N(c2ccccc2)c2ccccc2)cc1.O=C(c1ccccc1)N(c1ccccc1)c1ccccc1. The number of hydrogen-bond acceptors (Lipinski definition) is 8. The molecule has 0 spiro atoms. The van der Waals surface area contributed by atoms with Crippen molar-refractivity contribution in [2.24, 2.45) is 0 Å². The Morgan fingerprint density at radius 1 is 0.250 bits per heavy atom. The minimum absolute atomic E-state index is 0.00181. The minimum atomic E-state index is -0.0787. The zero-order chi connectivity index (χ0) is 75.7. The molecule has 0 aromatic heterocycles. The second kappa shape index (κ2) is 40.2. The van der Waals surface area contributed by atoms with E-state index in [1.165, 1.54) is 0 Å². The first-order chi connectivity index (χ1) is 52.9. The van der Waals surface area contributed by atoms with E-state index in [2.05, 4.69) is 6.92 Å². The molecule has 0 aliphatic heterocycles. The van der Waals surface area contributed by atoms with Gasteiger partial charge in [0.25, 0.3) is 29.5 Å². The highest BCUT2D eigenvalue weighted by Gasteiger charge is 2.23. The number of ether oxygens (including phenoxy) is 3. The summed E-state index contributed by atoms with van der Waals surface area (Å²) in [4.78, 5) is 72.3. The molecule has 0 aliphatic carbocycles. The van der Waals surface area contributed by atoms with Crippen LogP contribution in [0.4, 0.5) is 45.5 Å². The highest BCUT2D eigenvalue weighted by atomic mass is 16.5. The maximum atomic E-state index is 13.2. The first kappa shape index (κ1) is 76.7. The first-order valence-electron chi connectivity index (χ1n) is 35.5. The highest BCUT2D eigenvalue weighted by Crippen LogP contribution is 2.32. The fraction of sp³-hybridized carbons (Fsp3) is 0.0842. The smallest absolute Gasteiger partial charge is 0.262 e. The molecule has 0 aliphatic rings. The van der Waals surface area contributed by atoms with Gasteiger partial charge in [-0.25, -0.2) is 0 Å². The van der Waals surface area contributed by atoms with Gasteiger partial charge in [0.15, 0.2) is 0 Å². The molecule has 0 atom stereocenters. The molecule has 0 bridgehead atoms. The van der Waals surface area contributed by atoms with Crippen LogP contribution in [-0.2, 0) is 0 Å². The van der Waals surface area contributed by atoms with E-state index in [9.17, 15) is 24.0 Å². The molecule has 0 radical (unpaired) electrons. The number of amides is 5. The van der Waals surface area contributed by atoms with Crippen LogP contribution >= 0.6 is 0 Å². The van der Waals surface area contributed by atoms with E-state index in [1.807, 2.05) is 340 Å². The largest absolute Gasteiger partial charge is 0.497 e. The summed E-state index contributed by atoms with van der Waals surface area (Å²) in [6, 6.07) is 122. The molecular formula is C95H85N5O8. The van der Waals surface area contributed by atoms with Crippen molar-refractivity contribution in [3.8, 4) is 17.2 Å². The van der Waals surface area contributed by atoms with Crippen molar-refractivity contribution in [2.45, 2.75) is 19.8 Å². The first-order valence-corrected chi connectivity index (χ1v) is 35.5. The number of para-hydroxylation sites is 8. The predicted octanol–water partition coefficient (Wildman–Crippen LogP) is 22.3. The number of fused-ring (bicyclic) bond motifs is 1. The molecule has 0 heterocycles. The summed E-state index contributed by atoms with van der Waals surface area (Å²) in [6.07, 6.45) is 2.12. The molecule has 0 unspecified atom stereocenters. The lowest BCUT2D eigenvalue weighted by Gasteiger charge is -2.23. The van der Waals surface area contributed by atoms with Crippen LogP contribution in [0.5, 0.6) is 17.2 Å². The number of nitrogens with zero attached hydrogens (tertiary/aromatic N) is 5. The van der Waals surface area contributed by atoms with Crippen molar-refractivity contribution in [3.05, 3.63) is 416 Å². The Morgan fingerprint density at radius 3 is 0.796 bits per heavy atom. The molecule has 14 aromatic carbocycles. The van der Waals surface area contributed by atoms with Crippen molar-refractivity contribution >= 4 is 85.8 Å². The van der Waals surface area contributed by atoms with Gasteiger partial charge in [-0.05, 0) is 211 Å². The number of rotatable bonds is 19. The van der Waals surface area contributed by atoms with Gasteiger partial charge >= 0.3 is 0 Å². The molecule has 0 saturated carbocycles. The molecule has 0 fully saturated rings. The van der Waals surface area contributed by atoms with Crippen LogP contribution in [0, 0.1) is 0 Å². The lowest BCUT2D eigenvalue weighted by molar-refractivity contribution is 0.0985. The number of carbonyl (C=O) groups excluding carboxylic acids is 5. The Hall–Kier alpha value is -13.9. The van der Waals surface area contributed by atoms with Gasteiger partial charge in [0.2, 0.25) is 0 Å². The van der Waals surface area contributed by atoms with Gasteiger partial charge in [0.1, 0.15) is 17.2 Å². The Bertz CT molecular complexity index is 4940. The van der Waals surface area contributed by atoms with Gasteiger partial charge in [-0.1, -0.05) is 207 Å². The summed E-state index contributed by atoms with van der Waals surface area (Å²) in [5.74, 6) is 2.05. The second-order valence-corrected chi connectivity index (χ2v) is 24.4. The fourth-order valence-corrected chi connectivity index (χ4v) is 11.3. The summed E-state index contributed by atoms with van der Waals surface area (Å²) >= 11 is 0. The Kier molecular flexibility index (Phi) is 28.6. The quantitative estimate of drug-likeness (QED) is 0.0732. The number of anilines is 8. The molecule has 0 saturated heterocycles.